The molecule has 0 unspecified atom stereocenters. The molecule has 5 heterocycles. The molecule has 0 radical (unpaired) electrons. The van der Waals surface area contributed by atoms with Crippen LogP contribution in [0.15, 0.2) is 42.0 Å². The molecule has 2 aliphatic heterocycles. The maximum Gasteiger partial charge on any atom is 0.329 e. The van der Waals surface area contributed by atoms with Crippen LogP contribution in [-0.4, -0.2) is 75.6 Å². The van der Waals surface area contributed by atoms with Gasteiger partial charge in [-0.2, -0.15) is 0 Å². The summed E-state index contributed by atoms with van der Waals surface area (Å²) in [7, 11) is 0. The van der Waals surface area contributed by atoms with E-state index in [1.165, 1.54) is 23.6 Å². The van der Waals surface area contributed by atoms with Gasteiger partial charge in [-0.05, 0) is 24.6 Å². The van der Waals surface area contributed by atoms with Gasteiger partial charge in [0.2, 0.25) is 0 Å². The van der Waals surface area contributed by atoms with Crippen LogP contribution in [-0.2, 0) is 6.54 Å². The van der Waals surface area contributed by atoms with Crippen LogP contribution in [0.3, 0.4) is 0 Å². The number of nitrogens with zero attached hydrogens (tertiary/aromatic N) is 5. The maximum atomic E-state index is 13.4. The van der Waals surface area contributed by atoms with Crippen molar-refractivity contribution in [2.45, 2.75) is 25.1 Å². The smallest absolute Gasteiger partial charge is 0.329 e. The van der Waals surface area contributed by atoms with Crippen molar-refractivity contribution in [3.05, 3.63) is 52.7 Å². The first-order valence-corrected chi connectivity index (χ1v) is 12.3. The molecule has 188 valence electrons. The molecule has 2 atom stereocenters. The topological polar surface area (TPSA) is 153 Å². The van der Waals surface area contributed by atoms with E-state index in [2.05, 4.69) is 30.5 Å². The quantitative estimate of drug-likeness (QED) is 0.350. The molecule has 3 aromatic heterocycles. The van der Waals surface area contributed by atoms with Gasteiger partial charge in [0.25, 0.3) is 5.91 Å². The summed E-state index contributed by atoms with van der Waals surface area (Å²) in [5.41, 5.74) is 1.000. The van der Waals surface area contributed by atoms with E-state index < -0.39 is 18.7 Å². The highest BCUT2D eigenvalue weighted by molar-refractivity contribution is 7.09. The second-order valence-corrected chi connectivity index (χ2v) is 9.34. The Labute approximate surface area is 210 Å². The number of pyridine rings is 2. The molecular weight excluding hydrogens is 486 g/mol. The first-order chi connectivity index (χ1) is 17.5. The largest absolute Gasteiger partial charge is 0.491 e. The number of thiazole rings is 1. The van der Waals surface area contributed by atoms with Gasteiger partial charge in [0, 0.05) is 36.9 Å². The number of urea groups is 1. The van der Waals surface area contributed by atoms with E-state index in [4.69, 9.17) is 9.84 Å². The number of ether oxygens (including phenoxy) is 1. The van der Waals surface area contributed by atoms with Gasteiger partial charge in [-0.15, -0.1) is 11.3 Å². The minimum absolute atomic E-state index is 0.0946. The average molecular weight is 512 g/mol. The Hall–Kier alpha value is -3.81. The lowest BCUT2D eigenvalue weighted by atomic mass is 10.1. The number of anilines is 3. The summed E-state index contributed by atoms with van der Waals surface area (Å²) >= 11 is 1.45. The zero-order chi connectivity index (χ0) is 25.1. The number of fused-ring (bicyclic) bond motifs is 4. The third kappa shape index (κ3) is 5.08. The fourth-order valence-corrected chi connectivity index (χ4v) is 4.72. The summed E-state index contributed by atoms with van der Waals surface area (Å²) in [6.45, 7) is 1.25. The van der Waals surface area contributed by atoms with Crippen molar-refractivity contribution in [2.24, 2.45) is 0 Å². The van der Waals surface area contributed by atoms with Crippen molar-refractivity contribution in [3.8, 4) is 5.75 Å². The zero-order valence-electron chi connectivity index (χ0n) is 19.2. The highest BCUT2D eigenvalue weighted by Crippen LogP contribution is 2.39. The lowest BCUT2D eigenvalue weighted by Crippen LogP contribution is -2.48. The molecule has 1 fully saturated rings. The molecule has 13 heteroatoms. The molecule has 3 aromatic rings. The van der Waals surface area contributed by atoms with Crippen molar-refractivity contribution < 1.29 is 24.5 Å². The monoisotopic (exact) mass is 511 g/mol. The van der Waals surface area contributed by atoms with E-state index in [-0.39, 0.29) is 30.1 Å². The lowest BCUT2D eigenvalue weighted by Gasteiger charge is -2.35. The number of aliphatic hydroxyl groups excluding tert-OH is 2. The van der Waals surface area contributed by atoms with Gasteiger partial charge >= 0.3 is 6.03 Å². The number of hydrogen-bond donors (Lipinski definition) is 4. The van der Waals surface area contributed by atoms with Gasteiger partial charge in [-0.25, -0.2) is 19.7 Å². The Morgan fingerprint density at radius 3 is 2.94 bits per heavy atom. The SMILES string of the molecule is O=C(NCc1nccs1)c1ccc2c(n1)N(C(=O)Nc1cc(OC[C@H](O)CO)ccn1)[C@H]1CCN2C1. The van der Waals surface area contributed by atoms with Gasteiger partial charge in [0.15, 0.2) is 5.82 Å². The van der Waals surface area contributed by atoms with Crippen molar-refractivity contribution in [2.75, 3.05) is 41.4 Å². The van der Waals surface area contributed by atoms with Crippen molar-refractivity contribution in [1.29, 1.82) is 0 Å². The molecule has 2 bridgehead atoms. The molecule has 1 saturated heterocycles. The molecule has 36 heavy (non-hydrogen) atoms. The van der Waals surface area contributed by atoms with Gasteiger partial charge in [0.05, 0.1) is 24.9 Å². The Morgan fingerprint density at radius 1 is 1.25 bits per heavy atom. The highest BCUT2D eigenvalue weighted by atomic mass is 32.1. The summed E-state index contributed by atoms with van der Waals surface area (Å²) in [5, 5.41) is 26.7. The van der Waals surface area contributed by atoms with Gasteiger partial charge < -0.3 is 25.2 Å². The van der Waals surface area contributed by atoms with Crippen LogP contribution < -0.4 is 25.2 Å². The standard InChI is InChI=1S/C23H25N7O5S/c31-12-15(32)13-35-16-3-5-24-19(9-16)28-23(34)30-14-4-7-29(11-14)18-2-1-17(27-21(18)30)22(33)26-10-20-25-6-8-36-20/h1-3,5-6,8-9,14-15,31-32H,4,7,10-13H2,(H,26,33)(H,24,28,34)/t14-,15+/m0/s1. The van der Waals surface area contributed by atoms with Crippen LogP contribution in [0, 0.1) is 0 Å². The third-order valence-corrected chi connectivity index (χ3v) is 6.69. The first-order valence-electron chi connectivity index (χ1n) is 11.4. The van der Waals surface area contributed by atoms with Gasteiger partial charge in [0.1, 0.15) is 35.0 Å². The van der Waals surface area contributed by atoms with Crippen molar-refractivity contribution in [3.63, 3.8) is 0 Å². The third-order valence-electron chi connectivity index (χ3n) is 5.91. The molecule has 3 amide bonds. The molecular formula is C23H25N7O5S. The second-order valence-electron chi connectivity index (χ2n) is 8.36. The Balaban J connectivity index is 1.34. The number of amides is 3. The van der Waals surface area contributed by atoms with Crippen LogP contribution in [0.5, 0.6) is 5.75 Å². The van der Waals surface area contributed by atoms with E-state index in [1.54, 1.807) is 23.2 Å². The first kappa shape index (κ1) is 23.9. The predicted molar refractivity (Wildman–Crippen MR) is 132 cm³/mol. The molecule has 0 spiro atoms. The summed E-state index contributed by atoms with van der Waals surface area (Å²) in [4.78, 5) is 42.8. The van der Waals surface area contributed by atoms with E-state index in [9.17, 15) is 14.7 Å². The zero-order valence-corrected chi connectivity index (χ0v) is 20.0. The molecule has 12 nitrogen and oxygen atoms in total. The van der Waals surface area contributed by atoms with Crippen LogP contribution in [0.25, 0.3) is 0 Å². The number of aromatic nitrogens is 3. The summed E-state index contributed by atoms with van der Waals surface area (Å²) in [5.74, 6) is 0.714. The highest BCUT2D eigenvalue weighted by Gasteiger charge is 2.40. The number of aliphatic hydroxyl groups is 2. The molecule has 0 aromatic carbocycles. The summed E-state index contributed by atoms with van der Waals surface area (Å²) in [6.07, 6.45) is 2.91. The van der Waals surface area contributed by atoms with Crippen molar-refractivity contribution in [1.82, 2.24) is 20.3 Å². The Bertz CT molecular complexity index is 1240. The number of hydrogen-bond acceptors (Lipinski definition) is 10. The summed E-state index contributed by atoms with van der Waals surface area (Å²) in [6, 6.07) is 6.08. The van der Waals surface area contributed by atoms with E-state index >= 15 is 0 Å². The maximum absolute atomic E-state index is 13.4. The molecule has 4 N–H and O–H groups in total. The Morgan fingerprint density at radius 2 is 2.14 bits per heavy atom. The van der Waals surface area contributed by atoms with Crippen LogP contribution in [0.4, 0.5) is 22.1 Å². The lowest BCUT2D eigenvalue weighted by molar-refractivity contribution is 0.0536. The molecule has 0 aliphatic carbocycles. The number of rotatable bonds is 8. The Kier molecular flexibility index (Phi) is 6.93. The van der Waals surface area contributed by atoms with Gasteiger partial charge in [-0.1, -0.05) is 0 Å². The average Bonchev–Trinajstić information content (AvgIpc) is 3.57. The predicted octanol–water partition coefficient (Wildman–Crippen LogP) is 1.23. The minimum atomic E-state index is -1.01. The van der Waals surface area contributed by atoms with E-state index in [0.717, 1.165) is 23.7 Å². The molecule has 0 saturated carbocycles. The van der Waals surface area contributed by atoms with Gasteiger partial charge in [-0.3, -0.25) is 15.0 Å². The van der Waals surface area contributed by atoms with Crippen LogP contribution >= 0.6 is 11.3 Å². The van der Waals surface area contributed by atoms with Crippen LogP contribution in [0.1, 0.15) is 21.9 Å². The van der Waals surface area contributed by atoms with Crippen LogP contribution in [0.2, 0.25) is 0 Å². The second kappa shape index (κ2) is 10.4. The minimum Gasteiger partial charge on any atom is -0.491 e. The normalized spacial score (nSPS) is 16.9. The molecule has 5 rings (SSSR count). The fourth-order valence-electron chi connectivity index (χ4n) is 4.17. The number of carbonyl (C=O) groups excluding carboxylic acids is 2. The fraction of sp³-hybridized carbons (Fsp3) is 0.348. The number of carbonyl (C=O) groups is 2. The van der Waals surface area contributed by atoms with Crippen molar-refractivity contribution >= 4 is 40.6 Å². The van der Waals surface area contributed by atoms with E-state index in [0.29, 0.717) is 24.7 Å². The van der Waals surface area contributed by atoms with E-state index in [1.807, 2.05) is 11.4 Å². The molecule has 2 aliphatic rings. The summed E-state index contributed by atoms with van der Waals surface area (Å²) < 4.78 is 5.44. The number of nitrogens with one attached hydrogen (secondary N) is 2.